The molecule has 0 aliphatic heterocycles. The summed E-state index contributed by atoms with van der Waals surface area (Å²) in [7, 11) is 1.64. The molecule has 2 N–H and O–H groups in total. The Morgan fingerprint density at radius 2 is 2.06 bits per heavy atom. The first-order valence-electron chi connectivity index (χ1n) is 5.82. The third-order valence-corrected chi connectivity index (χ3v) is 2.79. The highest BCUT2D eigenvalue weighted by Crippen LogP contribution is 2.16. The van der Waals surface area contributed by atoms with E-state index in [9.17, 15) is 4.79 Å². The fourth-order valence-corrected chi connectivity index (χ4v) is 1.49. The number of ether oxygens (including phenoxy) is 1. The number of nitrogens with one attached hydrogen (secondary N) is 1. The molecule has 0 saturated heterocycles. The molecule has 0 fully saturated rings. The van der Waals surface area contributed by atoms with Crippen LogP contribution in [0.2, 0.25) is 0 Å². The highest BCUT2D eigenvalue weighted by molar-refractivity contribution is 5.85. The second-order valence-electron chi connectivity index (χ2n) is 4.10. The number of carboxylic acids is 1. The van der Waals surface area contributed by atoms with Gasteiger partial charge in [0.15, 0.2) is 0 Å². The van der Waals surface area contributed by atoms with Gasteiger partial charge in [0.1, 0.15) is 5.75 Å². The summed E-state index contributed by atoms with van der Waals surface area (Å²) >= 11 is 0. The van der Waals surface area contributed by atoms with Crippen molar-refractivity contribution in [3.8, 4) is 5.75 Å². The van der Waals surface area contributed by atoms with Gasteiger partial charge in [-0.15, -0.1) is 0 Å². The van der Waals surface area contributed by atoms with Gasteiger partial charge in [-0.1, -0.05) is 18.2 Å². The summed E-state index contributed by atoms with van der Waals surface area (Å²) in [5.74, 6) is -0.0542. The smallest absolute Gasteiger partial charge is 0.330 e. The summed E-state index contributed by atoms with van der Waals surface area (Å²) in [5, 5.41) is 12.0. The van der Waals surface area contributed by atoms with Gasteiger partial charge in [-0.05, 0) is 31.5 Å². The number of carboxylic acid groups (broad SMARTS) is 1. The molecule has 0 radical (unpaired) electrons. The normalized spacial score (nSPS) is 13.2. The van der Waals surface area contributed by atoms with Gasteiger partial charge in [-0.25, -0.2) is 4.79 Å². The predicted octanol–water partition coefficient (Wildman–Crippen LogP) is 2.38. The summed E-state index contributed by atoms with van der Waals surface area (Å²) < 4.78 is 5.09. The molecular weight excluding hydrogens is 230 g/mol. The number of benzene rings is 1. The molecule has 1 aromatic carbocycles. The van der Waals surface area contributed by atoms with Crippen molar-refractivity contribution in [2.75, 3.05) is 13.7 Å². The average molecular weight is 249 g/mol. The summed E-state index contributed by atoms with van der Waals surface area (Å²) in [6, 6.07) is 7.96. The monoisotopic (exact) mass is 249 g/mol. The first-order valence-corrected chi connectivity index (χ1v) is 5.82. The molecule has 4 heteroatoms. The Morgan fingerprint density at radius 3 is 2.56 bits per heavy atom. The maximum Gasteiger partial charge on any atom is 0.330 e. The Bertz CT molecular complexity index is 423. The molecule has 4 nitrogen and oxygen atoms in total. The zero-order chi connectivity index (χ0) is 13.5. The highest BCUT2D eigenvalue weighted by Gasteiger charge is 2.04. The van der Waals surface area contributed by atoms with Gasteiger partial charge in [0, 0.05) is 18.2 Å². The Balaban J connectivity index is 2.52. The molecule has 1 aromatic rings. The van der Waals surface area contributed by atoms with Gasteiger partial charge in [-0.3, -0.25) is 0 Å². The lowest BCUT2D eigenvalue weighted by Gasteiger charge is -2.13. The van der Waals surface area contributed by atoms with Crippen molar-refractivity contribution in [3.63, 3.8) is 0 Å². The van der Waals surface area contributed by atoms with Crippen molar-refractivity contribution in [2.24, 2.45) is 0 Å². The molecule has 0 aliphatic carbocycles. The van der Waals surface area contributed by atoms with Gasteiger partial charge in [0.2, 0.25) is 0 Å². The Kier molecular flexibility index (Phi) is 5.39. The molecule has 0 aliphatic rings. The lowest BCUT2D eigenvalue weighted by atomic mass is 10.1. The Morgan fingerprint density at radius 1 is 1.44 bits per heavy atom. The van der Waals surface area contributed by atoms with Crippen LogP contribution in [0.15, 0.2) is 35.9 Å². The molecule has 1 atom stereocenters. The minimum atomic E-state index is -0.881. The van der Waals surface area contributed by atoms with Crippen LogP contribution >= 0.6 is 0 Å². The van der Waals surface area contributed by atoms with E-state index < -0.39 is 5.97 Å². The van der Waals surface area contributed by atoms with E-state index >= 15 is 0 Å². The number of rotatable bonds is 6. The number of hydrogen-bond donors (Lipinski definition) is 2. The van der Waals surface area contributed by atoms with Crippen LogP contribution in [-0.4, -0.2) is 24.7 Å². The summed E-state index contributed by atoms with van der Waals surface area (Å²) in [6.45, 7) is 4.15. The number of aliphatic carboxylic acids is 1. The lowest BCUT2D eigenvalue weighted by Crippen LogP contribution is -2.19. The molecule has 0 unspecified atom stereocenters. The maximum absolute atomic E-state index is 10.6. The molecular formula is C14H19NO3. The van der Waals surface area contributed by atoms with Crippen LogP contribution in [0.3, 0.4) is 0 Å². The van der Waals surface area contributed by atoms with Gasteiger partial charge < -0.3 is 15.2 Å². The van der Waals surface area contributed by atoms with Gasteiger partial charge >= 0.3 is 5.97 Å². The number of carbonyl (C=O) groups is 1. The van der Waals surface area contributed by atoms with E-state index in [1.54, 1.807) is 20.1 Å². The van der Waals surface area contributed by atoms with Crippen LogP contribution in [0.1, 0.15) is 25.5 Å². The SMILES string of the molecule is COc1ccc([C@@H](C)NC/C=C(/C)C(=O)O)cc1. The summed E-state index contributed by atoms with van der Waals surface area (Å²) in [5.41, 5.74) is 1.49. The quantitative estimate of drug-likeness (QED) is 0.760. The molecule has 18 heavy (non-hydrogen) atoms. The molecule has 0 amide bonds. The fourth-order valence-electron chi connectivity index (χ4n) is 1.49. The van der Waals surface area contributed by atoms with E-state index in [0.29, 0.717) is 12.1 Å². The molecule has 0 bridgehead atoms. The topological polar surface area (TPSA) is 58.6 Å². The van der Waals surface area contributed by atoms with E-state index in [4.69, 9.17) is 9.84 Å². The largest absolute Gasteiger partial charge is 0.497 e. The maximum atomic E-state index is 10.6. The zero-order valence-corrected chi connectivity index (χ0v) is 10.9. The third kappa shape index (κ3) is 4.22. The van der Waals surface area contributed by atoms with Crippen LogP contribution in [0.5, 0.6) is 5.75 Å². The lowest BCUT2D eigenvalue weighted by molar-refractivity contribution is -0.132. The average Bonchev–Trinajstić information content (AvgIpc) is 2.38. The molecule has 0 heterocycles. The van der Waals surface area contributed by atoms with E-state index in [2.05, 4.69) is 5.32 Å². The van der Waals surface area contributed by atoms with Crippen LogP contribution in [0.4, 0.5) is 0 Å². The predicted molar refractivity (Wildman–Crippen MR) is 70.8 cm³/mol. The van der Waals surface area contributed by atoms with Crippen molar-refractivity contribution < 1.29 is 14.6 Å². The Labute approximate surface area is 107 Å². The summed E-state index contributed by atoms with van der Waals surface area (Å²) in [6.07, 6.45) is 1.67. The van der Waals surface area contributed by atoms with Crippen LogP contribution in [-0.2, 0) is 4.79 Å². The molecule has 0 aromatic heterocycles. The van der Waals surface area contributed by atoms with Crippen molar-refractivity contribution in [1.82, 2.24) is 5.32 Å². The fraction of sp³-hybridized carbons (Fsp3) is 0.357. The van der Waals surface area contributed by atoms with Gasteiger partial charge in [-0.2, -0.15) is 0 Å². The Hall–Kier alpha value is -1.81. The molecule has 98 valence electrons. The van der Waals surface area contributed by atoms with E-state index in [-0.39, 0.29) is 6.04 Å². The van der Waals surface area contributed by atoms with Crippen LogP contribution < -0.4 is 10.1 Å². The van der Waals surface area contributed by atoms with E-state index in [0.717, 1.165) is 11.3 Å². The zero-order valence-electron chi connectivity index (χ0n) is 10.9. The summed E-state index contributed by atoms with van der Waals surface area (Å²) in [4.78, 5) is 10.6. The van der Waals surface area contributed by atoms with Gasteiger partial charge in [0.05, 0.1) is 7.11 Å². The third-order valence-electron chi connectivity index (χ3n) is 2.79. The second-order valence-corrected chi connectivity index (χ2v) is 4.10. The van der Waals surface area contributed by atoms with Crippen LogP contribution in [0.25, 0.3) is 0 Å². The first-order chi connectivity index (χ1) is 8.54. The van der Waals surface area contributed by atoms with Crippen molar-refractivity contribution in [2.45, 2.75) is 19.9 Å². The van der Waals surface area contributed by atoms with Crippen molar-refractivity contribution in [1.29, 1.82) is 0 Å². The standard InChI is InChI=1S/C14H19NO3/c1-10(14(16)17)8-9-15-11(2)12-4-6-13(18-3)7-5-12/h4-8,11,15H,9H2,1-3H3,(H,16,17)/b10-8-/t11-/m1/s1. The molecule has 0 spiro atoms. The minimum absolute atomic E-state index is 0.161. The minimum Gasteiger partial charge on any atom is -0.497 e. The number of hydrogen-bond acceptors (Lipinski definition) is 3. The van der Waals surface area contributed by atoms with Crippen molar-refractivity contribution >= 4 is 5.97 Å². The number of methoxy groups -OCH3 is 1. The second kappa shape index (κ2) is 6.81. The first kappa shape index (κ1) is 14.3. The molecule has 1 rings (SSSR count). The van der Waals surface area contributed by atoms with E-state index in [1.165, 1.54) is 0 Å². The van der Waals surface area contributed by atoms with E-state index in [1.807, 2.05) is 31.2 Å². The molecule has 0 saturated carbocycles. The van der Waals surface area contributed by atoms with Crippen molar-refractivity contribution in [3.05, 3.63) is 41.5 Å². The highest BCUT2D eigenvalue weighted by atomic mass is 16.5. The van der Waals surface area contributed by atoms with Crippen LogP contribution in [0, 0.1) is 0 Å². The van der Waals surface area contributed by atoms with Gasteiger partial charge in [0.25, 0.3) is 0 Å².